The zero-order valence-corrected chi connectivity index (χ0v) is 12.1. The molecule has 0 spiro atoms. The van der Waals surface area contributed by atoms with Gasteiger partial charge in [-0.2, -0.15) is 0 Å². The molecule has 2 N–H and O–H groups in total. The maximum Gasteiger partial charge on any atom is 0.261 e. The highest BCUT2D eigenvalue weighted by Crippen LogP contribution is 2.20. The van der Waals surface area contributed by atoms with Crippen molar-refractivity contribution in [2.75, 3.05) is 5.32 Å². The van der Waals surface area contributed by atoms with Crippen LogP contribution in [-0.2, 0) is 0 Å². The smallest absolute Gasteiger partial charge is 0.261 e. The maximum absolute atomic E-state index is 13.5. The molecule has 3 rings (SSSR count). The first-order chi connectivity index (χ1) is 11.0. The molecule has 1 aliphatic rings. The topological polar surface area (TPSA) is 58.2 Å². The molecule has 4 nitrogen and oxygen atoms in total. The number of carbonyl (C=O) groups is 2. The molecule has 0 unspecified atom stereocenters. The molecule has 23 heavy (non-hydrogen) atoms. The Morgan fingerprint density at radius 1 is 0.913 bits per heavy atom. The summed E-state index contributed by atoms with van der Waals surface area (Å²) in [5.74, 6) is -2.91. The van der Waals surface area contributed by atoms with Gasteiger partial charge in [0.05, 0.1) is 0 Å². The summed E-state index contributed by atoms with van der Waals surface area (Å²) in [5.41, 5.74) is 0.177. The summed E-state index contributed by atoms with van der Waals surface area (Å²) in [6, 6.07) is 9.60. The number of nitrogens with one attached hydrogen (secondary N) is 2. The van der Waals surface area contributed by atoms with Gasteiger partial charge in [-0.05, 0) is 49.2 Å². The minimum atomic E-state index is -0.928. The fourth-order valence-electron chi connectivity index (χ4n) is 2.11. The average molecular weight is 316 g/mol. The first kappa shape index (κ1) is 15.1. The lowest BCUT2D eigenvalue weighted by Gasteiger charge is -2.08. The van der Waals surface area contributed by atoms with E-state index in [2.05, 4.69) is 10.6 Å². The third kappa shape index (κ3) is 3.53. The van der Waals surface area contributed by atoms with Crippen molar-refractivity contribution in [2.45, 2.75) is 18.9 Å². The van der Waals surface area contributed by atoms with E-state index >= 15 is 0 Å². The molecule has 0 aromatic heterocycles. The van der Waals surface area contributed by atoms with Crippen LogP contribution in [0.15, 0.2) is 42.5 Å². The molecule has 0 atom stereocenters. The number of amides is 2. The number of hydrogen-bond donors (Lipinski definition) is 2. The number of hydrogen-bond acceptors (Lipinski definition) is 2. The minimum absolute atomic E-state index is 0.175. The van der Waals surface area contributed by atoms with Gasteiger partial charge >= 0.3 is 0 Å². The van der Waals surface area contributed by atoms with Crippen molar-refractivity contribution in [3.05, 3.63) is 65.2 Å². The van der Waals surface area contributed by atoms with Crippen LogP contribution in [0, 0.1) is 11.6 Å². The van der Waals surface area contributed by atoms with Crippen molar-refractivity contribution in [3.8, 4) is 0 Å². The largest absolute Gasteiger partial charge is 0.349 e. The second kappa shape index (κ2) is 6.16. The van der Waals surface area contributed by atoms with Crippen molar-refractivity contribution in [1.82, 2.24) is 5.32 Å². The van der Waals surface area contributed by atoms with Crippen LogP contribution in [0.3, 0.4) is 0 Å². The Hall–Kier alpha value is -2.76. The summed E-state index contributed by atoms with van der Waals surface area (Å²) in [6.07, 6.45) is 1.99. The highest BCUT2D eigenvalue weighted by Gasteiger charge is 2.23. The molecule has 1 aliphatic carbocycles. The van der Waals surface area contributed by atoms with Gasteiger partial charge in [0.2, 0.25) is 0 Å². The molecule has 1 fully saturated rings. The van der Waals surface area contributed by atoms with Gasteiger partial charge < -0.3 is 10.6 Å². The predicted molar refractivity (Wildman–Crippen MR) is 81.2 cm³/mol. The second-order valence-electron chi connectivity index (χ2n) is 5.38. The summed E-state index contributed by atoms with van der Waals surface area (Å²) in [4.78, 5) is 23.8. The molecule has 118 valence electrons. The molecule has 6 heteroatoms. The highest BCUT2D eigenvalue weighted by atomic mass is 19.1. The van der Waals surface area contributed by atoms with Crippen molar-refractivity contribution in [3.63, 3.8) is 0 Å². The molecular formula is C17H14F2N2O2. The maximum atomic E-state index is 13.5. The molecule has 2 amide bonds. The van der Waals surface area contributed by atoms with E-state index in [1.54, 1.807) is 12.1 Å². The molecule has 0 radical (unpaired) electrons. The van der Waals surface area contributed by atoms with Gasteiger partial charge in [-0.15, -0.1) is 0 Å². The lowest BCUT2D eigenvalue weighted by Crippen LogP contribution is -2.25. The van der Waals surface area contributed by atoms with Gasteiger partial charge in [-0.3, -0.25) is 9.59 Å². The lowest BCUT2D eigenvalue weighted by molar-refractivity contribution is 0.0950. The summed E-state index contributed by atoms with van der Waals surface area (Å²) in [5, 5.41) is 5.25. The number of rotatable bonds is 4. The zero-order valence-electron chi connectivity index (χ0n) is 12.1. The molecule has 0 heterocycles. The molecule has 2 aromatic rings. The van der Waals surface area contributed by atoms with Gasteiger partial charge in [0.1, 0.15) is 17.2 Å². The Morgan fingerprint density at radius 3 is 2.09 bits per heavy atom. The van der Waals surface area contributed by atoms with Gasteiger partial charge in [0, 0.05) is 17.3 Å². The lowest BCUT2D eigenvalue weighted by atomic mass is 10.1. The quantitative estimate of drug-likeness (QED) is 0.910. The highest BCUT2D eigenvalue weighted by molar-refractivity contribution is 6.05. The fourth-order valence-corrected chi connectivity index (χ4v) is 2.11. The minimum Gasteiger partial charge on any atom is -0.349 e. The van der Waals surface area contributed by atoms with E-state index in [-0.39, 0.29) is 11.9 Å². The molecule has 2 aromatic carbocycles. The Morgan fingerprint density at radius 2 is 1.52 bits per heavy atom. The van der Waals surface area contributed by atoms with Crippen molar-refractivity contribution in [1.29, 1.82) is 0 Å². The summed E-state index contributed by atoms with van der Waals surface area (Å²) in [6.45, 7) is 0. The summed E-state index contributed by atoms with van der Waals surface area (Å²) in [7, 11) is 0. The zero-order chi connectivity index (χ0) is 16.4. The van der Waals surface area contributed by atoms with Crippen LogP contribution in [0.25, 0.3) is 0 Å². The van der Waals surface area contributed by atoms with Crippen LogP contribution in [0.5, 0.6) is 0 Å². The van der Waals surface area contributed by atoms with Gasteiger partial charge in [-0.25, -0.2) is 8.78 Å². The normalized spacial score (nSPS) is 13.5. The number of benzene rings is 2. The fraction of sp³-hybridized carbons (Fsp3) is 0.176. The second-order valence-corrected chi connectivity index (χ2v) is 5.38. The van der Waals surface area contributed by atoms with Crippen molar-refractivity contribution >= 4 is 17.5 Å². The predicted octanol–water partition coefficient (Wildman–Crippen LogP) is 3.11. The van der Waals surface area contributed by atoms with E-state index in [9.17, 15) is 18.4 Å². The first-order valence-electron chi connectivity index (χ1n) is 7.21. The van der Waals surface area contributed by atoms with E-state index < -0.39 is 23.1 Å². The standard InChI is InChI=1S/C17H14F2N2O2/c18-13-2-1-3-14(19)15(13)17(23)21-11-6-4-10(5-7-11)16(22)20-12-8-9-12/h1-7,12H,8-9H2,(H,20,22)(H,21,23). The van der Waals surface area contributed by atoms with Gasteiger partial charge in [0.15, 0.2) is 0 Å². The SMILES string of the molecule is O=C(NC1CC1)c1ccc(NC(=O)c2c(F)cccc2F)cc1. The van der Waals surface area contributed by atoms with Crippen LogP contribution in [0.4, 0.5) is 14.5 Å². The molecule has 0 bridgehead atoms. The summed E-state index contributed by atoms with van der Waals surface area (Å²) < 4.78 is 27.1. The van der Waals surface area contributed by atoms with Crippen LogP contribution in [0.2, 0.25) is 0 Å². The van der Waals surface area contributed by atoms with Crippen LogP contribution < -0.4 is 10.6 Å². The average Bonchev–Trinajstić information content (AvgIpc) is 3.31. The van der Waals surface area contributed by atoms with E-state index in [1.165, 1.54) is 18.2 Å². The molecule has 0 saturated heterocycles. The monoisotopic (exact) mass is 316 g/mol. The molecular weight excluding hydrogens is 302 g/mol. The van der Waals surface area contributed by atoms with Gasteiger partial charge in [0.25, 0.3) is 11.8 Å². The first-order valence-corrected chi connectivity index (χ1v) is 7.21. The van der Waals surface area contributed by atoms with Crippen molar-refractivity contribution in [2.24, 2.45) is 0 Å². The van der Waals surface area contributed by atoms with E-state index in [4.69, 9.17) is 0 Å². The van der Waals surface area contributed by atoms with Gasteiger partial charge in [-0.1, -0.05) is 6.07 Å². The Kier molecular flexibility index (Phi) is 4.06. The Labute approximate surface area is 131 Å². The van der Waals surface area contributed by atoms with E-state index in [0.29, 0.717) is 11.3 Å². The van der Waals surface area contributed by atoms with E-state index in [1.807, 2.05) is 0 Å². The summed E-state index contributed by atoms with van der Waals surface area (Å²) >= 11 is 0. The third-order valence-corrected chi connectivity index (χ3v) is 3.51. The number of carbonyl (C=O) groups excluding carboxylic acids is 2. The Bertz CT molecular complexity index is 735. The molecule has 0 aliphatic heterocycles. The third-order valence-electron chi connectivity index (χ3n) is 3.51. The van der Waals surface area contributed by atoms with Crippen LogP contribution in [-0.4, -0.2) is 17.9 Å². The van der Waals surface area contributed by atoms with Crippen molar-refractivity contribution < 1.29 is 18.4 Å². The Balaban J connectivity index is 1.70. The van der Waals surface area contributed by atoms with Crippen LogP contribution in [0.1, 0.15) is 33.6 Å². The van der Waals surface area contributed by atoms with Crippen LogP contribution >= 0.6 is 0 Å². The molecule has 1 saturated carbocycles. The number of halogens is 2. The number of anilines is 1. The van der Waals surface area contributed by atoms with E-state index in [0.717, 1.165) is 25.0 Å².